The second-order valence-electron chi connectivity index (χ2n) is 13.4. The minimum atomic E-state index is -4.57. The van der Waals surface area contributed by atoms with Crippen molar-refractivity contribution in [1.82, 2.24) is 0 Å². The van der Waals surface area contributed by atoms with E-state index in [0.29, 0.717) is 30.1 Å². The molecule has 4 aliphatic rings. The summed E-state index contributed by atoms with van der Waals surface area (Å²) in [6, 6.07) is 0. The molecule has 5 heteroatoms. The Labute approximate surface area is 204 Å². The number of aliphatic hydroxyl groups is 2. The Balaban J connectivity index is 1.51. The highest BCUT2D eigenvalue weighted by molar-refractivity contribution is 5.25. The van der Waals surface area contributed by atoms with Gasteiger partial charge in [-0.15, -0.1) is 0 Å². The van der Waals surface area contributed by atoms with Crippen LogP contribution >= 0.6 is 0 Å². The normalized spacial score (nSPS) is 45.3. The third-order valence-electron chi connectivity index (χ3n) is 11.6. The topological polar surface area (TPSA) is 40.5 Å². The van der Waals surface area contributed by atoms with Gasteiger partial charge in [-0.3, -0.25) is 0 Å². The molecule has 196 valence electrons. The summed E-state index contributed by atoms with van der Waals surface area (Å²) in [4.78, 5) is 0. The highest BCUT2D eigenvalue weighted by Gasteiger charge is 2.59. The molecule has 0 aromatic heterocycles. The van der Waals surface area contributed by atoms with Crippen LogP contribution in [0.2, 0.25) is 0 Å². The lowest BCUT2D eigenvalue weighted by Gasteiger charge is -2.57. The van der Waals surface area contributed by atoms with E-state index in [1.807, 2.05) is 0 Å². The third-order valence-corrected chi connectivity index (χ3v) is 11.6. The van der Waals surface area contributed by atoms with Crippen LogP contribution in [0.4, 0.5) is 13.2 Å². The molecule has 0 aliphatic heterocycles. The molecular weight excluding hydrogens is 437 g/mol. The maximum absolute atomic E-state index is 13.2. The smallest absolute Gasteiger partial charge is 0.390 e. The molecule has 0 radical (unpaired) electrons. The SMILES string of the molecule is CC[C@@]1(O)CCC[C@@]2(C)C(=CC[C@H]3[C@@H]4CC[C@H]([C@H](C)CC[C@](C)(O)C(F)(F)F)[C@@]4(C)CC[C@@H]32)C1. The quantitative estimate of drug-likeness (QED) is 0.390. The van der Waals surface area contributed by atoms with Gasteiger partial charge in [-0.2, -0.15) is 13.2 Å². The van der Waals surface area contributed by atoms with E-state index < -0.39 is 17.4 Å². The van der Waals surface area contributed by atoms with Gasteiger partial charge < -0.3 is 10.2 Å². The molecule has 2 nitrogen and oxygen atoms in total. The molecule has 4 aliphatic carbocycles. The van der Waals surface area contributed by atoms with E-state index in [1.54, 1.807) is 0 Å². The molecule has 2 N–H and O–H groups in total. The van der Waals surface area contributed by atoms with Gasteiger partial charge in [0.25, 0.3) is 0 Å². The van der Waals surface area contributed by atoms with E-state index in [4.69, 9.17) is 0 Å². The second kappa shape index (κ2) is 8.78. The number of alkyl halides is 3. The molecule has 34 heavy (non-hydrogen) atoms. The molecule has 0 amide bonds. The lowest BCUT2D eigenvalue weighted by molar-refractivity contribution is -0.256. The zero-order valence-electron chi connectivity index (χ0n) is 22.0. The van der Waals surface area contributed by atoms with Crippen LogP contribution in [0.5, 0.6) is 0 Å². The van der Waals surface area contributed by atoms with Crippen molar-refractivity contribution in [3.8, 4) is 0 Å². The molecule has 0 aromatic carbocycles. The Morgan fingerprint density at radius 3 is 2.44 bits per heavy atom. The zero-order valence-corrected chi connectivity index (χ0v) is 22.0. The Kier molecular flexibility index (Phi) is 6.85. The lowest BCUT2D eigenvalue weighted by atomic mass is 9.48. The largest absolute Gasteiger partial charge is 0.416 e. The number of hydrogen-bond acceptors (Lipinski definition) is 2. The second-order valence-corrected chi connectivity index (χ2v) is 13.4. The van der Waals surface area contributed by atoms with Gasteiger partial charge in [0.1, 0.15) is 0 Å². The number of allylic oxidation sites excluding steroid dienone is 1. The number of fused-ring (bicyclic) bond motifs is 5. The standard InChI is InChI=1S/C29H47F3O2/c1-6-28(34)15-7-14-25(3)20(18-28)8-9-21-23-11-10-22(26(23,4)16-13-24(21)25)19(2)12-17-27(5,33)29(30,31)32/h8,19,21-24,33-34H,6-7,9-18H2,1-5H3/t19-,21+,22-,23+,24+,25+,26-,27+,28-/m1/s1. The highest BCUT2D eigenvalue weighted by atomic mass is 19.4. The summed E-state index contributed by atoms with van der Waals surface area (Å²) in [5, 5.41) is 21.1. The first-order valence-electron chi connectivity index (χ1n) is 13.9. The minimum absolute atomic E-state index is 0.180. The van der Waals surface area contributed by atoms with Crippen LogP contribution in [-0.2, 0) is 0 Å². The summed E-state index contributed by atoms with van der Waals surface area (Å²) < 4.78 is 39.6. The van der Waals surface area contributed by atoms with Crippen molar-refractivity contribution < 1.29 is 23.4 Å². The van der Waals surface area contributed by atoms with E-state index in [2.05, 4.69) is 33.8 Å². The molecule has 0 saturated heterocycles. The van der Waals surface area contributed by atoms with Gasteiger partial charge in [-0.05, 0) is 124 Å². The fraction of sp³-hybridized carbons (Fsp3) is 0.931. The van der Waals surface area contributed by atoms with Gasteiger partial charge in [0.15, 0.2) is 5.60 Å². The molecule has 3 saturated carbocycles. The Morgan fingerprint density at radius 1 is 1.09 bits per heavy atom. The number of hydrogen-bond donors (Lipinski definition) is 2. The van der Waals surface area contributed by atoms with Crippen LogP contribution in [0.25, 0.3) is 0 Å². The molecule has 0 spiro atoms. The van der Waals surface area contributed by atoms with Gasteiger partial charge in [-0.25, -0.2) is 0 Å². The summed E-state index contributed by atoms with van der Waals surface area (Å²) in [6.07, 6.45) is 8.63. The zero-order chi connectivity index (χ0) is 25.2. The van der Waals surface area contributed by atoms with E-state index >= 15 is 0 Å². The summed E-state index contributed by atoms with van der Waals surface area (Å²) in [5.74, 6) is 2.55. The summed E-state index contributed by atoms with van der Waals surface area (Å²) >= 11 is 0. The molecule has 4 rings (SSSR count). The number of halogens is 3. The van der Waals surface area contributed by atoms with Gasteiger partial charge in [-0.1, -0.05) is 39.3 Å². The van der Waals surface area contributed by atoms with Gasteiger partial charge in [0, 0.05) is 0 Å². The van der Waals surface area contributed by atoms with E-state index in [9.17, 15) is 23.4 Å². The van der Waals surface area contributed by atoms with Crippen molar-refractivity contribution in [2.45, 2.75) is 129 Å². The van der Waals surface area contributed by atoms with Crippen molar-refractivity contribution in [3.05, 3.63) is 11.6 Å². The average Bonchev–Trinajstić information content (AvgIpc) is 3.03. The first kappa shape index (κ1) is 26.5. The van der Waals surface area contributed by atoms with Crippen molar-refractivity contribution in [2.24, 2.45) is 40.4 Å². The maximum atomic E-state index is 13.2. The summed E-state index contributed by atoms with van der Waals surface area (Å²) in [6.45, 7) is 10.0. The first-order chi connectivity index (χ1) is 15.7. The van der Waals surface area contributed by atoms with Crippen molar-refractivity contribution in [2.75, 3.05) is 0 Å². The fourth-order valence-electron chi connectivity index (χ4n) is 9.13. The van der Waals surface area contributed by atoms with E-state index in [-0.39, 0.29) is 23.2 Å². The molecule has 0 heterocycles. The average molecular weight is 485 g/mol. The van der Waals surface area contributed by atoms with Crippen molar-refractivity contribution >= 4 is 0 Å². The van der Waals surface area contributed by atoms with Gasteiger partial charge >= 0.3 is 6.18 Å². The summed E-state index contributed by atoms with van der Waals surface area (Å²) in [5.41, 5.74) is -1.29. The molecule has 0 unspecified atom stereocenters. The van der Waals surface area contributed by atoms with Crippen LogP contribution in [-0.4, -0.2) is 27.6 Å². The van der Waals surface area contributed by atoms with Crippen LogP contribution in [0.1, 0.15) is 112 Å². The Morgan fingerprint density at radius 2 is 1.79 bits per heavy atom. The third kappa shape index (κ3) is 4.29. The number of rotatable bonds is 5. The first-order valence-corrected chi connectivity index (χ1v) is 13.9. The van der Waals surface area contributed by atoms with Crippen LogP contribution < -0.4 is 0 Å². The van der Waals surface area contributed by atoms with Crippen LogP contribution in [0.3, 0.4) is 0 Å². The fourth-order valence-corrected chi connectivity index (χ4v) is 9.13. The maximum Gasteiger partial charge on any atom is 0.416 e. The van der Waals surface area contributed by atoms with E-state index in [0.717, 1.165) is 58.3 Å². The lowest BCUT2D eigenvalue weighted by Crippen LogP contribution is -2.49. The predicted octanol–water partition coefficient (Wildman–Crippen LogP) is 7.83. The van der Waals surface area contributed by atoms with Crippen LogP contribution in [0.15, 0.2) is 11.6 Å². The van der Waals surface area contributed by atoms with Crippen molar-refractivity contribution in [3.63, 3.8) is 0 Å². The van der Waals surface area contributed by atoms with Crippen LogP contribution in [0, 0.1) is 40.4 Å². The molecule has 0 bridgehead atoms. The predicted molar refractivity (Wildman–Crippen MR) is 130 cm³/mol. The minimum Gasteiger partial charge on any atom is -0.390 e. The Hall–Kier alpha value is -0.550. The molecular formula is C29H47F3O2. The molecule has 0 aromatic rings. The van der Waals surface area contributed by atoms with Crippen molar-refractivity contribution in [1.29, 1.82) is 0 Å². The highest BCUT2D eigenvalue weighted by Crippen LogP contribution is 2.67. The molecule has 3 fully saturated rings. The monoisotopic (exact) mass is 484 g/mol. The van der Waals surface area contributed by atoms with Gasteiger partial charge in [0.05, 0.1) is 5.60 Å². The molecule has 9 atom stereocenters. The summed E-state index contributed by atoms with van der Waals surface area (Å²) in [7, 11) is 0. The van der Waals surface area contributed by atoms with E-state index in [1.165, 1.54) is 18.4 Å². The Bertz CT molecular complexity index is 789. The van der Waals surface area contributed by atoms with Gasteiger partial charge in [0.2, 0.25) is 0 Å².